The van der Waals surface area contributed by atoms with Crippen molar-refractivity contribution in [1.29, 1.82) is 0 Å². The smallest absolute Gasteiger partial charge is 0.238 e. The lowest BCUT2D eigenvalue weighted by atomic mass is 10.2. The van der Waals surface area contributed by atoms with Gasteiger partial charge in [0.2, 0.25) is 10.0 Å². The molecule has 0 bridgehead atoms. The molecule has 4 nitrogen and oxygen atoms in total. The van der Waals surface area contributed by atoms with E-state index in [1.807, 2.05) is 0 Å². The topological polar surface area (TPSA) is 69.4 Å². The van der Waals surface area contributed by atoms with E-state index in [1.165, 1.54) is 12.1 Å². The number of hydrogen-bond donors (Lipinski definition) is 1. The molecule has 0 fully saturated rings. The largest absolute Gasteiger partial charge is 0.486 e. The molecule has 0 aliphatic heterocycles. The molecule has 0 aliphatic rings. The summed E-state index contributed by atoms with van der Waals surface area (Å²) in [5, 5.41) is 5.00. The average molecular weight is 350 g/mol. The molecule has 2 aromatic rings. The van der Waals surface area contributed by atoms with Crippen molar-refractivity contribution in [2.24, 2.45) is 5.14 Å². The van der Waals surface area contributed by atoms with Crippen LogP contribution in [0.1, 0.15) is 5.56 Å². The van der Waals surface area contributed by atoms with Gasteiger partial charge >= 0.3 is 0 Å². The van der Waals surface area contributed by atoms with Gasteiger partial charge in [0.05, 0.1) is 14.9 Å². The second-order valence-corrected chi connectivity index (χ2v) is 6.56. The predicted molar refractivity (Wildman–Crippen MR) is 78.6 cm³/mol. The van der Waals surface area contributed by atoms with Gasteiger partial charge in [-0.25, -0.2) is 17.9 Å². The quantitative estimate of drug-likeness (QED) is 0.919. The van der Waals surface area contributed by atoms with Crippen LogP contribution >= 0.6 is 23.2 Å². The van der Waals surface area contributed by atoms with Gasteiger partial charge in [-0.1, -0.05) is 35.3 Å². The maximum Gasteiger partial charge on any atom is 0.238 e. The van der Waals surface area contributed by atoms with E-state index in [2.05, 4.69) is 0 Å². The lowest BCUT2D eigenvalue weighted by molar-refractivity contribution is 0.306. The first kappa shape index (κ1) is 16.0. The fourth-order valence-electron chi connectivity index (χ4n) is 1.62. The summed E-state index contributed by atoms with van der Waals surface area (Å²) in [6, 6.07) is 8.11. The summed E-state index contributed by atoms with van der Waals surface area (Å²) < 4.78 is 40.9. The van der Waals surface area contributed by atoms with Crippen LogP contribution in [0.15, 0.2) is 41.3 Å². The Morgan fingerprint density at radius 2 is 1.76 bits per heavy atom. The summed E-state index contributed by atoms with van der Waals surface area (Å²) in [7, 11) is -3.91. The van der Waals surface area contributed by atoms with Crippen molar-refractivity contribution in [2.75, 3.05) is 0 Å². The molecule has 2 aromatic carbocycles. The van der Waals surface area contributed by atoms with Crippen LogP contribution < -0.4 is 9.88 Å². The summed E-state index contributed by atoms with van der Waals surface area (Å²) in [6.07, 6.45) is 0. The summed E-state index contributed by atoms with van der Waals surface area (Å²) in [6.45, 7) is 0.0337. The number of rotatable bonds is 4. The number of nitrogens with two attached hydrogens (primary N) is 1. The van der Waals surface area contributed by atoms with Crippen LogP contribution in [-0.4, -0.2) is 8.42 Å². The predicted octanol–water partition coefficient (Wildman–Crippen LogP) is 3.36. The number of primary sulfonamides is 1. The van der Waals surface area contributed by atoms with Crippen LogP contribution in [0.2, 0.25) is 10.0 Å². The van der Waals surface area contributed by atoms with Crippen molar-refractivity contribution in [3.63, 3.8) is 0 Å². The van der Waals surface area contributed by atoms with Crippen molar-refractivity contribution in [1.82, 2.24) is 0 Å². The lowest BCUT2D eigenvalue weighted by Gasteiger charge is -2.11. The van der Waals surface area contributed by atoms with Gasteiger partial charge in [0.1, 0.15) is 12.4 Å². The van der Waals surface area contributed by atoms with Crippen molar-refractivity contribution in [3.05, 3.63) is 57.8 Å². The zero-order chi connectivity index (χ0) is 15.6. The first-order valence-corrected chi connectivity index (χ1v) is 7.96. The van der Waals surface area contributed by atoms with Crippen LogP contribution in [0.3, 0.4) is 0 Å². The molecule has 2 N–H and O–H groups in total. The molecule has 0 unspecified atom stereocenters. The minimum absolute atomic E-state index is 0.00271. The van der Waals surface area contributed by atoms with Gasteiger partial charge in [-0.05, 0) is 29.8 Å². The van der Waals surface area contributed by atoms with Gasteiger partial charge in [0.25, 0.3) is 0 Å². The number of halogens is 3. The zero-order valence-electron chi connectivity index (χ0n) is 10.5. The molecule has 0 radical (unpaired) electrons. The molecule has 8 heteroatoms. The van der Waals surface area contributed by atoms with E-state index in [0.717, 1.165) is 12.1 Å². The first-order chi connectivity index (χ1) is 9.77. The van der Waals surface area contributed by atoms with E-state index < -0.39 is 15.8 Å². The van der Waals surface area contributed by atoms with Crippen LogP contribution in [0.25, 0.3) is 0 Å². The normalized spacial score (nSPS) is 11.4. The van der Waals surface area contributed by atoms with Crippen molar-refractivity contribution in [2.45, 2.75) is 11.5 Å². The molecular formula is C13H10Cl2FNO3S. The minimum atomic E-state index is -3.91. The molecule has 0 saturated carbocycles. The highest BCUT2D eigenvalue weighted by molar-refractivity contribution is 7.89. The monoisotopic (exact) mass is 349 g/mol. The molecule has 21 heavy (non-hydrogen) atoms. The molecule has 112 valence electrons. The highest BCUT2D eigenvalue weighted by atomic mass is 35.5. The Labute approximate surface area is 131 Å². The maximum atomic E-state index is 13.0. The van der Waals surface area contributed by atoms with Crippen LogP contribution in [0, 0.1) is 5.82 Å². The van der Waals surface area contributed by atoms with Crippen molar-refractivity contribution >= 4 is 33.2 Å². The Morgan fingerprint density at radius 3 is 2.29 bits per heavy atom. The summed E-state index contributed by atoms with van der Waals surface area (Å²) in [4.78, 5) is -0.212. The van der Waals surface area contributed by atoms with Gasteiger partial charge in [0, 0.05) is 0 Å². The molecule has 2 rings (SSSR count). The summed E-state index contributed by atoms with van der Waals surface area (Å²) >= 11 is 11.9. The molecule has 0 aromatic heterocycles. The number of ether oxygens (including phenoxy) is 1. The molecule has 0 atom stereocenters. The zero-order valence-corrected chi connectivity index (χ0v) is 12.8. The maximum absolute atomic E-state index is 13.0. The van der Waals surface area contributed by atoms with Crippen molar-refractivity contribution in [3.8, 4) is 5.75 Å². The Morgan fingerprint density at radius 1 is 1.14 bits per heavy atom. The van der Waals surface area contributed by atoms with Gasteiger partial charge in [-0.3, -0.25) is 0 Å². The third kappa shape index (κ3) is 4.07. The van der Waals surface area contributed by atoms with Crippen LogP contribution in [0.5, 0.6) is 5.75 Å². The number of sulfonamides is 1. The van der Waals surface area contributed by atoms with Crippen molar-refractivity contribution < 1.29 is 17.5 Å². The highest BCUT2D eigenvalue weighted by Gasteiger charge is 2.16. The van der Waals surface area contributed by atoms with Crippen LogP contribution in [-0.2, 0) is 16.6 Å². The summed E-state index contributed by atoms with van der Waals surface area (Å²) in [5.74, 6) is -0.284. The van der Waals surface area contributed by atoms with E-state index in [1.54, 1.807) is 12.1 Å². The SMILES string of the molecule is NS(=O)(=O)c1cc(Cl)c(OCc2cccc(F)c2)c(Cl)c1. The second-order valence-electron chi connectivity index (χ2n) is 4.18. The standard InChI is InChI=1S/C13H10Cl2FNO3S/c14-11-5-10(21(17,18)19)6-12(15)13(11)20-7-8-2-1-3-9(16)4-8/h1-6H,7H2,(H2,17,18,19). The number of benzene rings is 2. The van der Waals surface area contributed by atoms with Gasteiger partial charge < -0.3 is 4.74 Å². The Balaban J connectivity index is 2.25. The van der Waals surface area contributed by atoms with Crippen LogP contribution in [0.4, 0.5) is 4.39 Å². The third-order valence-corrected chi connectivity index (χ3v) is 4.03. The van der Waals surface area contributed by atoms with Gasteiger partial charge in [0.15, 0.2) is 5.75 Å². The highest BCUT2D eigenvalue weighted by Crippen LogP contribution is 2.35. The molecule has 0 spiro atoms. The summed E-state index contributed by atoms with van der Waals surface area (Å²) in [5.41, 5.74) is 0.581. The Bertz CT molecular complexity index is 758. The lowest BCUT2D eigenvalue weighted by Crippen LogP contribution is -2.12. The first-order valence-electron chi connectivity index (χ1n) is 5.66. The third-order valence-electron chi connectivity index (χ3n) is 2.57. The van der Waals surface area contributed by atoms with E-state index in [9.17, 15) is 12.8 Å². The molecule has 0 amide bonds. The van der Waals surface area contributed by atoms with Gasteiger partial charge in [-0.15, -0.1) is 0 Å². The molecule has 0 saturated heterocycles. The molecule has 0 heterocycles. The minimum Gasteiger partial charge on any atom is -0.486 e. The number of hydrogen-bond acceptors (Lipinski definition) is 3. The van der Waals surface area contributed by atoms with E-state index in [4.69, 9.17) is 33.1 Å². The average Bonchev–Trinajstić information content (AvgIpc) is 2.36. The van der Waals surface area contributed by atoms with E-state index in [-0.39, 0.29) is 27.3 Å². The fourth-order valence-corrected chi connectivity index (χ4v) is 2.91. The fraction of sp³-hybridized carbons (Fsp3) is 0.0769. The van der Waals surface area contributed by atoms with Gasteiger partial charge in [-0.2, -0.15) is 0 Å². The Kier molecular flexibility index (Phi) is 4.73. The molecular weight excluding hydrogens is 340 g/mol. The Hall–Kier alpha value is -1.34. The van der Waals surface area contributed by atoms with E-state index >= 15 is 0 Å². The second kappa shape index (κ2) is 6.19. The van der Waals surface area contributed by atoms with E-state index in [0.29, 0.717) is 5.56 Å². The molecule has 0 aliphatic carbocycles.